The van der Waals surface area contributed by atoms with Gasteiger partial charge < -0.3 is 5.73 Å². The van der Waals surface area contributed by atoms with Crippen LogP contribution >= 0.6 is 11.6 Å². The number of nitrogens with zero attached hydrogens (tertiary/aromatic N) is 3. The van der Waals surface area contributed by atoms with Gasteiger partial charge in [-0.2, -0.15) is 0 Å². The predicted molar refractivity (Wildman–Crippen MR) is 92.2 cm³/mol. The van der Waals surface area contributed by atoms with E-state index in [9.17, 15) is 4.39 Å². The zero-order chi connectivity index (χ0) is 16.7. The largest absolute Gasteiger partial charge is 0.325 e. The van der Waals surface area contributed by atoms with Crippen LogP contribution in [0.2, 0.25) is 5.02 Å². The summed E-state index contributed by atoms with van der Waals surface area (Å²) < 4.78 is 15.9. The molecule has 6 heteroatoms. The third-order valence-corrected chi connectivity index (χ3v) is 4.41. The molecule has 4 rings (SSSR count). The molecule has 1 aliphatic heterocycles. The monoisotopic (exact) mass is 340 g/mol. The van der Waals surface area contributed by atoms with Gasteiger partial charge in [-0.15, -0.1) is 0 Å². The van der Waals surface area contributed by atoms with Crippen molar-refractivity contribution in [3.05, 3.63) is 82.1 Å². The lowest BCUT2D eigenvalue weighted by Crippen LogP contribution is -2.11. The first kappa shape index (κ1) is 15.1. The molecule has 3 aromatic rings. The van der Waals surface area contributed by atoms with Gasteiger partial charge in [-0.05, 0) is 24.3 Å². The summed E-state index contributed by atoms with van der Waals surface area (Å²) >= 11 is 6.34. The van der Waals surface area contributed by atoms with Crippen LogP contribution in [-0.2, 0) is 13.1 Å². The molecule has 2 N–H and O–H groups in total. The highest BCUT2D eigenvalue weighted by molar-refractivity contribution is 6.35. The Morgan fingerprint density at radius 3 is 2.79 bits per heavy atom. The fourth-order valence-electron chi connectivity index (χ4n) is 2.99. The minimum atomic E-state index is -0.327. The van der Waals surface area contributed by atoms with Gasteiger partial charge >= 0.3 is 0 Å². The molecule has 120 valence electrons. The molecule has 2 heterocycles. The number of halogens is 2. The van der Waals surface area contributed by atoms with Crippen molar-refractivity contribution >= 4 is 17.3 Å². The van der Waals surface area contributed by atoms with Crippen molar-refractivity contribution < 1.29 is 4.39 Å². The molecule has 0 amide bonds. The van der Waals surface area contributed by atoms with Crippen LogP contribution in [0, 0.1) is 5.82 Å². The highest BCUT2D eigenvalue weighted by Gasteiger charge is 2.22. The van der Waals surface area contributed by atoms with E-state index in [0.29, 0.717) is 29.4 Å². The van der Waals surface area contributed by atoms with Crippen LogP contribution in [-0.4, -0.2) is 15.3 Å². The number of fused-ring (bicyclic) bond motifs is 3. The maximum atomic E-state index is 14.0. The Labute approximate surface area is 143 Å². The van der Waals surface area contributed by atoms with Crippen molar-refractivity contribution in [1.29, 1.82) is 0 Å². The normalized spacial score (nSPS) is 13.0. The van der Waals surface area contributed by atoms with Gasteiger partial charge in [0.25, 0.3) is 0 Å². The second-order valence-corrected chi connectivity index (χ2v) is 5.92. The van der Waals surface area contributed by atoms with E-state index in [4.69, 9.17) is 17.3 Å². The van der Waals surface area contributed by atoms with Crippen molar-refractivity contribution in [2.75, 3.05) is 0 Å². The van der Waals surface area contributed by atoms with Gasteiger partial charge in [0, 0.05) is 22.7 Å². The van der Waals surface area contributed by atoms with Gasteiger partial charge in [-0.3, -0.25) is 9.56 Å². The summed E-state index contributed by atoms with van der Waals surface area (Å²) in [4.78, 5) is 9.08. The third-order valence-electron chi connectivity index (χ3n) is 4.08. The van der Waals surface area contributed by atoms with Crippen LogP contribution < -0.4 is 5.73 Å². The Kier molecular flexibility index (Phi) is 3.67. The predicted octanol–water partition coefficient (Wildman–Crippen LogP) is 3.47. The quantitative estimate of drug-likeness (QED) is 0.776. The first-order chi connectivity index (χ1) is 11.7. The Bertz CT molecular complexity index is 961. The molecule has 0 bridgehead atoms. The summed E-state index contributed by atoms with van der Waals surface area (Å²) in [6.07, 6.45) is 1.73. The Morgan fingerprint density at radius 1 is 1.17 bits per heavy atom. The van der Waals surface area contributed by atoms with Crippen molar-refractivity contribution in [2.45, 2.75) is 13.1 Å². The van der Waals surface area contributed by atoms with Crippen molar-refractivity contribution in [1.82, 2.24) is 9.55 Å². The Hall–Kier alpha value is -2.50. The highest BCUT2D eigenvalue weighted by Crippen LogP contribution is 2.29. The number of nitrogens with two attached hydrogens (primary N) is 1. The second kappa shape index (κ2) is 5.85. The highest BCUT2D eigenvalue weighted by atomic mass is 35.5. The smallest absolute Gasteiger partial charge is 0.135 e. The summed E-state index contributed by atoms with van der Waals surface area (Å²) in [5, 5.41) is 0.574. The Balaban J connectivity index is 2.01. The average Bonchev–Trinajstić information content (AvgIpc) is 2.93. The molecule has 0 atom stereocenters. The van der Waals surface area contributed by atoms with Gasteiger partial charge in [0.05, 0.1) is 29.8 Å². The molecular formula is C18H14ClFN4. The number of imidazole rings is 1. The van der Waals surface area contributed by atoms with E-state index < -0.39 is 0 Å². The lowest BCUT2D eigenvalue weighted by Gasteiger charge is -2.14. The molecule has 0 unspecified atom stereocenters. The minimum absolute atomic E-state index is 0.327. The molecule has 0 fully saturated rings. The standard InChI is InChI=1S/C18H14ClFN4/c19-15-4-2-1-3-13(15)18-14-7-11(20)5-6-16(14)24-12(8-21)9-22-17(24)10-23-18/h1-7,9H,8,10,21H2. The lowest BCUT2D eigenvalue weighted by molar-refractivity contribution is 0.627. The zero-order valence-corrected chi connectivity index (χ0v) is 13.5. The molecule has 0 spiro atoms. The molecule has 1 aromatic heterocycles. The molecule has 24 heavy (non-hydrogen) atoms. The molecule has 4 nitrogen and oxygen atoms in total. The van der Waals surface area contributed by atoms with Gasteiger partial charge in [0.2, 0.25) is 0 Å². The number of aromatic nitrogens is 2. The Morgan fingerprint density at radius 2 is 2.00 bits per heavy atom. The maximum Gasteiger partial charge on any atom is 0.135 e. The number of hydrogen-bond donors (Lipinski definition) is 1. The zero-order valence-electron chi connectivity index (χ0n) is 12.7. The number of hydrogen-bond acceptors (Lipinski definition) is 3. The van der Waals surface area contributed by atoms with Gasteiger partial charge in [-0.25, -0.2) is 9.37 Å². The molecule has 0 aliphatic carbocycles. The van der Waals surface area contributed by atoms with E-state index in [2.05, 4.69) is 9.98 Å². The van der Waals surface area contributed by atoms with E-state index in [-0.39, 0.29) is 5.82 Å². The van der Waals surface area contributed by atoms with Crippen molar-refractivity contribution in [3.8, 4) is 5.69 Å². The number of rotatable bonds is 2. The summed E-state index contributed by atoms with van der Waals surface area (Å²) in [6.45, 7) is 0.710. The number of aliphatic imine (C=N–C) groups is 1. The average molecular weight is 341 g/mol. The van der Waals surface area contributed by atoms with Gasteiger partial charge in [-0.1, -0.05) is 29.8 Å². The van der Waals surface area contributed by atoms with Gasteiger partial charge in [0.1, 0.15) is 11.6 Å². The molecule has 0 saturated carbocycles. The SMILES string of the molecule is NCc1cnc2n1-c1ccc(F)cc1C(c1ccccc1Cl)=NC2. The summed E-state index contributed by atoms with van der Waals surface area (Å²) in [5.41, 5.74) is 9.60. The second-order valence-electron chi connectivity index (χ2n) is 5.51. The minimum Gasteiger partial charge on any atom is -0.325 e. The van der Waals surface area contributed by atoms with E-state index >= 15 is 0 Å². The van der Waals surface area contributed by atoms with E-state index in [1.165, 1.54) is 12.1 Å². The fraction of sp³-hybridized carbons (Fsp3) is 0.111. The summed E-state index contributed by atoms with van der Waals surface area (Å²) in [7, 11) is 0. The van der Waals surface area contributed by atoms with Crippen molar-refractivity contribution in [2.24, 2.45) is 10.7 Å². The molecule has 0 saturated heterocycles. The van der Waals surface area contributed by atoms with E-state index in [0.717, 1.165) is 22.8 Å². The van der Waals surface area contributed by atoms with Crippen LogP contribution in [0.1, 0.15) is 22.6 Å². The molecular weight excluding hydrogens is 327 g/mol. The first-order valence-corrected chi connectivity index (χ1v) is 7.92. The molecule has 1 aliphatic rings. The van der Waals surface area contributed by atoms with Gasteiger partial charge in [0.15, 0.2) is 0 Å². The molecule has 2 aromatic carbocycles. The van der Waals surface area contributed by atoms with Crippen LogP contribution in [0.4, 0.5) is 4.39 Å². The maximum absolute atomic E-state index is 14.0. The van der Waals surface area contributed by atoms with Crippen LogP contribution in [0.25, 0.3) is 5.69 Å². The summed E-state index contributed by atoms with van der Waals surface area (Å²) in [5.74, 6) is 0.441. The number of benzene rings is 2. The fourth-order valence-corrected chi connectivity index (χ4v) is 3.22. The van der Waals surface area contributed by atoms with E-state index in [1.807, 2.05) is 22.8 Å². The van der Waals surface area contributed by atoms with Crippen LogP contribution in [0.3, 0.4) is 0 Å². The molecule has 0 radical (unpaired) electrons. The van der Waals surface area contributed by atoms with Crippen molar-refractivity contribution in [3.63, 3.8) is 0 Å². The third kappa shape index (κ3) is 2.33. The summed E-state index contributed by atoms with van der Waals surface area (Å²) in [6, 6.07) is 12.1. The lowest BCUT2D eigenvalue weighted by atomic mass is 10.00. The topological polar surface area (TPSA) is 56.2 Å². The van der Waals surface area contributed by atoms with Crippen LogP contribution in [0.15, 0.2) is 53.7 Å². The van der Waals surface area contributed by atoms with E-state index in [1.54, 1.807) is 18.3 Å². The van der Waals surface area contributed by atoms with Crippen LogP contribution in [0.5, 0.6) is 0 Å². The first-order valence-electron chi connectivity index (χ1n) is 7.54.